The predicted molar refractivity (Wildman–Crippen MR) is 49.9 cm³/mol. The zero-order valence-corrected chi connectivity index (χ0v) is 7.89. The molecule has 0 aromatic carbocycles. The van der Waals surface area contributed by atoms with Gasteiger partial charge in [-0.2, -0.15) is 0 Å². The van der Waals surface area contributed by atoms with Crippen LogP contribution in [0.5, 0.6) is 0 Å². The summed E-state index contributed by atoms with van der Waals surface area (Å²) < 4.78 is 0. The molecule has 0 aromatic rings. The molecule has 0 spiro atoms. The first-order valence-corrected chi connectivity index (χ1v) is 5.23. The van der Waals surface area contributed by atoms with Gasteiger partial charge in [-0.15, -0.1) is 0 Å². The molecule has 0 aliphatic heterocycles. The third-order valence-electron chi connectivity index (χ3n) is 4.22. The third-order valence-corrected chi connectivity index (χ3v) is 4.22. The van der Waals surface area contributed by atoms with Gasteiger partial charge in [0.2, 0.25) is 0 Å². The second-order valence-corrected chi connectivity index (χ2v) is 4.58. The Hall–Kier alpha value is -0.120. The van der Waals surface area contributed by atoms with Gasteiger partial charge < -0.3 is 15.9 Å². The van der Waals surface area contributed by atoms with E-state index in [1.54, 1.807) is 0 Å². The standard InChI is InChI=1S/C10H19NO2/c11-3-7-1-6-2-8(7)10(5-13)9(6)4-12/h6-10,12-13H,1-5,11H2. The molecule has 4 N–H and O–H groups in total. The maximum atomic E-state index is 9.25. The van der Waals surface area contributed by atoms with Gasteiger partial charge in [-0.05, 0) is 49.0 Å². The Bertz CT molecular complexity index is 186. The molecule has 5 unspecified atom stereocenters. The van der Waals surface area contributed by atoms with E-state index in [0.29, 0.717) is 29.6 Å². The molecule has 5 atom stereocenters. The molecular weight excluding hydrogens is 166 g/mol. The van der Waals surface area contributed by atoms with Crippen LogP contribution in [0.15, 0.2) is 0 Å². The van der Waals surface area contributed by atoms with Crippen molar-refractivity contribution < 1.29 is 10.2 Å². The van der Waals surface area contributed by atoms with Crippen molar-refractivity contribution in [3.8, 4) is 0 Å². The van der Waals surface area contributed by atoms with Crippen LogP contribution in [0.3, 0.4) is 0 Å². The summed E-state index contributed by atoms with van der Waals surface area (Å²) in [4.78, 5) is 0. The summed E-state index contributed by atoms with van der Waals surface area (Å²) in [5.41, 5.74) is 5.68. The van der Waals surface area contributed by atoms with Crippen LogP contribution in [-0.2, 0) is 0 Å². The molecule has 0 saturated heterocycles. The molecule has 2 fully saturated rings. The zero-order valence-electron chi connectivity index (χ0n) is 7.89. The highest BCUT2D eigenvalue weighted by Crippen LogP contribution is 2.54. The largest absolute Gasteiger partial charge is 0.396 e. The number of fused-ring (bicyclic) bond motifs is 2. The second kappa shape index (κ2) is 3.56. The molecule has 2 aliphatic carbocycles. The van der Waals surface area contributed by atoms with Crippen molar-refractivity contribution in [2.24, 2.45) is 35.3 Å². The highest BCUT2D eigenvalue weighted by molar-refractivity contribution is 5.00. The van der Waals surface area contributed by atoms with Crippen LogP contribution in [0.2, 0.25) is 0 Å². The van der Waals surface area contributed by atoms with Gasteiger partial charge in [0, 0.05) is 13.2 Å². The Morgan fingerprint density at radius 1 is 1.08 bits per heavy atom. The Labute approximate surface area is 78.9 Å². The summed E-state index contributed by atoms with van der Waals surface area (Å²) in [6, 6.07) is 0. The van der Waals surface area contributed by atoms with Crippen molar-refractivity contribution in [1.29, 1.82) is 0 Å². The summed E-state index contributed by atoms with van der Waals surface area (Å²) in [5.74, 6) is 2.47. The van der Waals surface area contributed by atoms with Crippen LogP contribution < -0.4 is 5.73 Å². The molecule has 2 saturated carbocycles. The van der Waals surface area contributed by atoms with Gasteiger partial charge in [-0.25, -0.2) is 0 Å². The molecule has 76 valence electrons. The first-order valence-electron chi connectivity index (χ1n) is 5.23. The topological polar surface area (TPSA) is 66.5 Å². The number of hydrogen-bond acceptors (Lipinski definition) is 3. The zero-order chi connectivity index (χ0) is 9.42. The molecule has 0 heterocycles. The van der Waals surface area contributed by atoms with Gasteiger partial charge in [0.05, 0.1) is 0 Å². The lowest BCUT2D eigenvalue weighted by Crippen LogP contribution is -2.35. The van der Waals surface area contributed by atoms with Crippen LogP contribution >= 0.6 is 0 Å². The predicted octanol–water partition coefficient (Wildman–Crippen LogP) is -0.182. The maximum absolute atomic E-state index is 9.25. The lowest BCUT2D eigenvalue weighted by Gasteiger charge is -2.33. The number of rotatable bonds is 3. The minimum absolute atomic E-state index is 0.225. The van der Waals surface area contributed by atoms with Gasteiger partial charge in [0.1, 0.15) is 0 Å². The van der Waals surface area contributed by atoms with E-state index < -0.39 is 0 Å². The molecular formula is C10H19NO2. The SMILES string of the molecule is NCC1CC2CC1C(CO)C2CO. The van der Waals surface area contributed by atoms with Gasteiger partial charge in [-0.1, -0.05) is 0 Å². The fourth-order valence-corrected chi connectivity index (χ4v) is 3.57. The minimum atomic E-state index is 0.225. The Balaban J connectivity index is 2.08. The smallest absolute Gasteiger partial charge is 0.0465 e. The van der Waals surface area contributed by atoms with E-state index in [-0.39, 0.29) is 13.2 Å². The minimum Gasteiger partial charge on any atom is -0.396 e. The molecule has 3 nitrogen and oxygen atoms in total. The fourth-order valence-electron chi connectivity index (χ4n) is 3.57. The van der Waals surface area contributed by atoms with E-state index in [4.69, 9.17) is 5.73 Å². The van der Waals surface area contributed by atoms with Gasteiger partial charge >= 0.3 is 0 Å². The molecule has 0 amide bonds. The van der Waals surface area contributed by atoms with Crippen LogP contribution in [0.1, 0.15) is 12.8 Å². The van der Waals surface area contributed by atoms with E-state index in [0.717, 1.165) is 6.54 Å². The quantitative estimate of drug-likeness (QED) is 0.571. The van der Waals surface area contributed by atoms with Crippen molar-refractivity contribution in [2.45, 2.75) is 12.8 Å². The van der Waals surface area contributed by atoms with Crippen molar-refractivity contribution in [2.75, 3.05) is 19.8 Å². The molecule has 0 aromatic heterocycles. The van der Waals surface area contributed by atoms with E-state index in [1.807, 2.05) is 0 Å². The molecule has 3 heteroatoms. The molecule has 2 aliphatic rings. The number of hydrogen-bond donors (Lipinski definition) is 3. The molecule has 13 heavy (non-hydrogen) atoms. The Kier molecular flexibility index (Phi) is 2.58. The first-order chi connectivity index (χ1) is 6.31. The van der Waals surface area contributed by atoms with Gasteiger partial charge in [0.25, 0.3) is 0 Å². The van der Waals surface area contributed by atoms with E-state index in [2.05, 4.69) is 0 Å². The first kappa shape index (κ1) is 9.44. The summed E-state index contributed by atoms with van der Waals surface area (Å²) in [7, 11) is 0. The van der Waals surface area contributed by atoms with Crippen LogP contribution in [-0.4, -0.2) is 30.0 Å². The van der Waals surface area contributed by atoms with E-state index >= 15 is 0 Å². The highest BCUT2D eigenvalue weighted by atomic mass is 16.3. The number of aliphatic hydroxyl groups is 2. The number of aliphatic hydroxyl groups excluding tert-OH is 2. The van der Waals surface area contributed by atoms with Crippen molar-refractivity contribution in [3.63, 3.8) is 0 Å². The molecule has 0 radical (unpaired) electrons. The lowest BCUT2D eigenvalue weighted by molar-refractivity contribution is 0.0570. The third kappa shape index (κ3) is 1.30. The van der Waals surface area contributed by atoms with Crippen molar-refractivity contribution in [1.82, 2.24) is 0 Å². The fraction of sp³-hybridized carbons (Fsp3) is 1.00. The van der Waals surface area contributed by atoms with Gasteiger partial charge in [0.15, 0.2) is 0 Å². The van der Waals surface area contributed by atoms with Crippen LogP contribution in [0, 0.1) is 29.6 Å². The van der Waals surface area contributed by atoms with Gasteiger partial charge in [-0.3, -0.25) is 0 Å². The molecule has 2 bridgehead atoms. The molecule has 2 rings (SSSR count). The Morgan fingerprint density at radius 2 is 1.77 bits per heavy atom. The lowest BCUT2D eigenvalue weighted by atomic mass is 9.74. The average molecular weight is 185 g/mol. The van der Waals surface area contributed by atoms with E-state index in [1.165, 1.54) is 12.8 Å². The monoisotopic (exact) mass is 185 g/mol. The van der Waals surface area contributed by atoms with Crippen molar-refractivity contribution >= 4 is 0 Å². The number of nitrogens with two attached hydrogens (primary N) is 1. The van der Waals surface area contributed by atoms with Crippen LogP contribution in [0.4, 0.5) is 0 Å². The average Bonchev–Trinajstić information content (AvgIpc) is 2.72. The highest BCUT2D eigenvalue weighted by Gasteiger charge is 2.51. The second-order valence-electron chi connectivity index (χ2n) is 4.58. The summed E-state index contributed by atoms with van der Waals surface area (Å²) >= 11 is 0. The summed E-state index contributed by atoms with van der Waals surface area (Å²) in [5, 5.41) is 18.5. The Morgan fingerprint density at radius 3 is 2.31 bits per heavy atom. The summed E-state index contributed by atoms with van der Waals surface area (Å²) in [6.07, 6.45) is 2.35. The summed E-state index contributed by atoms with van der Waals surface area (Å²) in [6.45, 7) is 1.21. The van der Waals surface area contributed by atoms with E-state index in [9.17, 15) is 10.2 Å². The van der Waals surface area contributed by atoms with Crippen molar-refractivity contribution in [3.05, 3.63) is 0 Å². The van der Waals surface area contributed by atoms with Crippen LogP contribution in [0.25, 0.3) is 0 Å². The normalized spacial score (nSPS) is 48.7. The maximum Gasteiger partial charge on any atom is 0.0465 e.